The molecule has 102 valence electrons. The summed E-state index contributed by atoms with van der Waals surface area (Å²) in [4.78, 5) is 10.8. The first-order chi connectivity index (χ1) is 7.97. The Kier molecular flexibility index (Phi) is 8.11. The Bertz CT molecular complexity index is 315. The van der Waals surface area contributed by atoms with E-state index in [9.17, 15) is 13.2 Å². The van der Waals surface area contributed by atoms with Gasteiger partial charge in [0, 0.05) is 26.1 Å². The largest absolute Gasteiger partial charge is 0.469 e. The molecule has 0 aliphatic carbocycles. The number of sulfonamides is 1. The Morgan fingerprint density at radius 2 is 2.00 bits per heavy atom. The molecule has 0 aromatic carbocycles. The first-order valence-corrected chi connectivity index (χ1v) is 7.24. The van der Waals surface area contributed by atoms with Gasteiger partial charge in [-0.2, -0.15) is 0 Å². The van der Waals surface area contributed by atoms with Crippen LogP contribution in [0.3, 0.4) is 0 Å². The molecule has 1 N–H and O–H groups in total. The minimum atomic E-state index is -3.33. The Balaban J connectivity index is 4.19. The highest BCUT2D eigenvalue weighted by Crippen LogP contribution is 2.06. The van der Waals surface area contributed by atoms with E-state index in [2.05, 4.69) is 4.74 Å². The van der Waals surface area contributed by atoms with E-state index in [-0.39, 0.29) is 25.2 Å². The number of aliphatic hydroxyl groups excluding tert-OH is 1. The van der Waals surface area contributed by atoms with Crippen molar-refractivity contribution in [2.75, 3.05) is 32.6 Å². The smallest absolute Gasteiger partial charge is 0.305 e. The maximum absolute atomic E-state index is 11.8. The van der Waals surface area contributed by atoms with Gasteiger partial charge in [0.1, 0.15) is 0 Å². The molecule has 17 heavy (non-hydrogen) atoms. The molecule has 0 fully saturated rings. The predicted octanol–water partition coefficient (Wildman–Crippen LogP) is -0.0263. The van der Waals surface area contributed by atoms with Crippen LogP contribution in [0.2, 0.25) is 0 Å². The summed E-state index contributed by atoms with van der Waals surface area (Å²) in [5.74, 6) is -0.472. The lowest BCUT2D eigenvalue weighted by Gasteiger charge is -2.19. The molecule has 0 bridgehead atoms. The quantitative estimate of drug-likeness (QED) is 0.593. The van der Waals surface area contributed by atoms with Crippen molar-refractivity contribution in [3.8, 4) is 0 Å². The Hall–Kier alpha value is -0.660. The highest BCUT2D eigenvalue weighted by molar-refractivity contribution is 7.89. The second kappa shape index (κ2) is 8.43. The van der Waals surface area contributed by atoms with Gasteiger partial charge >= 0.3 is 5.97 Å². The minimum absolute atomic E-state index is 0.0336. The number of carbonyl (C=O) groups excluding carboxylic acids is 1. The third-order valence-corrected chi connectivity index (χ3v) is 4.35. The fourth-order valence-electron chi connectivity index (χ4n) is 1.37. The number of nitrogens with zero attached hydrogens (tertiary/aromatic N) is 1. The van der Waals surface area contributed by atoms with Gasteiger partial charge in [-0.05, 0) is 12.8 Å². The summed E-state index contributed by atoms with van der Waals surface area (Å²) in [6.45, 7) is 2.40. The molecule has 0 saturated heterocycles. The number of rotatable bonds is 9. The zero-order valence-electron chi connectivity index (χ0n) is 10.4. The molecule has 0 radical (unpaired) electrons. The summed E-state index contributed by atoms with van der Waals surface area (Å²) in [6, 6.07) is 0. The standard InChI is InChI=1S/C10H21NO5S/c1-3-11(7-5-8-12)17(14,15)9-4-6-10(13)16-2/h12H,3-9H2,1-2H3. The van der Waals surface area contributed by atoms with Crippen molar-refractivity contribution in [3.05, 3.63) is 0 Å². The van der Waals surface area contributed by atoms with E-state index in [1.165, 1.54) is 11.4 Å². The zero-order valence-corrected chi connectivity index (χ0v) is 11.2. The SMILES string of the molecule is CCN(CCCO)S(=O)(=O)CCCC(=O)OC. The maximum atomic E-state index is 11.8. The van der Waals surface area contributed by atoms with E-state index in [0.29, 0.717) is 19.5 Å². The molecule has 0 heterocycles. The molecular weight excluding hydrogens is 246 g/mol. The van der Waals surface area contributed by atoms with Crippen LogP contribution in [-0.2, 0) is 19.6 Å². The van der Waals surface area contributed by atoms with Crippen molar-refractivity contribution in [3.63, 3.8) is 0 Å². The molecule has 0 aromatic heterocycles. The molecule has 0 aliphatic heterocycles. The molecule has 7 heteroatoms. The monoisotopic (exact) mass is 267 g/mol. The summed E-state index contributed by atoms with van der Waals surface area (Å²) in [6.07, 6.45) is 0.780. The molecule has 0 amide bonds. The molecule has 0 aromatic rings. The van der Waals surface area contributed by atoms with E-state index in [0.717, 1.165) is 0 Å². The van der Waals surface area contributed by atoms with Gasteiger partial charge in [-0.15, -0.1) is 0 Å². The summed E-state index contributed by atoms with van der Waals surface area (Å²) in [7, 11) is -2.06. The average Bonchev–Trinajstić information content (AvgIpc) is 2.29. The summed E-state index contributed by atoms with van der Waals surface area (Å²) in [5.41, 5.74) is 0. The van der Waals surface area contributed by atoms with Crippen molar-refractivity contribution in [2.45, 2.75) is 26.2 Å². The topological polar surface area (TPSA) is 83.9 Å². The summed E-state index contributed by atoms with van der Waals surface area (Å²) >= 11 is 0. The lowest BCUT2D eigenvalue weighted by Crippen LogP contribution is -2.34. The van der Waals surface area contributed by atoms with E-state index in [1.54, 1.807) is 6.92 Å². The lowest BCUT2D eigenvalue weighted by atomic mass is 10.3. The van der Waals surface area contributed by atoms with Gasteiger partial charge in [-0.25, -0.2) is 12.7 Å². The molecule has 0 aliphatic rings. The number of carbonyl (C=O) groups is 1. The van der Waals surface area contributed by atoms with Crippen LogP contribution in [0, 0.1) is 0 Å². The van der Waals surface area contributed by atoms with Crippen LogP contribution < -0.4 is 0 Å². The summed E-state index contributed by atoms with van der Waals surface area (Å²) in [5, 5.41) is 8.67. The zero-order chi connectivity index (χ0) is 13.3. The van der Waals surface area contributed by atoms with Crippen LogP contribution in [0.25, 0.3) is 0 Å². The van der Waals surface area contributed by atoms with Crippen LogP contribution in [0.15, 0.2) is 0 Å². The van der Waals surface area contributed by atoms with Crippen LogP contribution in [-0.4, -0.2) is 56.4 Å². The number of ether oxygens (including phenoxy) is 1. The third kappa shape index (κ3) is 6.60. The van der Waals surface area contributed by atoms with E-state index in [4.69, 9.17) is 5.11 Å². The maximum Gasteiger partial charge on any atom is 0.305 e. The average molecular weight is 267 g/mol. The highest BCUT2D eigenvalue weighted by Gasteiger charge is 2.19. The minimum Gasteiger partial charge on any atom is -0.469 e. The van der Waals surface area contributed by atoms with Crippen molar-refractivity contribution < 1.29 is 23.1 Å². The number of hydrogen-bond donors (Lipinski definition) is 1. The van der Waals surface area contributed by atoms with Crippen LogP contribution in [0.1, 0.15) is 26.2 Å². The first-order valence-electron chi connectivity index (χ1n) is 5.63. The number of esters is 1. The molecule has 0 spiro atoms. The molecule has 6 nitrogen and oxygen atoms in total. The molecule has 0 unspecified atom stereocenters. The van der Waals surface area contributed by atoms with Crippen LogP contribution in [0.5, 0.6) is 0 Å². The molecule has 0 atom stereocenters. The second-order valence-electron chi connectivity index (χ2n) is 3.56. The van der Waals surface area contributed by atoms with Gasteiger partial charge in [0.15, 0.2) is 0 Å². The Labute approximate surface area is 103 Å². The van der Waals surface area contributed by atoms with Crippen molar-refractivity contribution in [1.82, 2.24) is 4.31 Å². The van der Waals surface area contributed by atoms with Gasteiger partial charge in [-0.3, -0.25) is 4.79 Å². The fourth-order valence-corrected chi connectivity index (χ4v) is 2.94. The lowest BCUT2D eigenvalue weighted by molar-refractivity contribution is -0.140. The highest BCUT2D eigenvalue weighted by atomic mass is 32.2. The summed E-state index contributed by atoms with van der Waals surface area (Å²) < 4.78 is 29.4. The molecule has 0 rings (SSSR count). The second-order valence-corrected chi connectivity index (χ2v) is 5.65. The number of aliphatic hydroxyl groups is 1. The van der Waals surface area contributed by atoms with Crippen LogP contribution >= 0.6 is 0 Å². The first kappa shape index (κ1) is 16.3. The van der Waals surface area contributed by atoms with Gasteiger partial charge in [0.25, 0.3) is 0 Å². The van der Waals surface area contributed by atoms with Gasteiger partial charge < -0.3 is 9.84 Å². The predicted molar refractivity (Wildman–Crippen MR) is 64.0 cm³/mol. The Morgan fingerprint density at radius 1 is 1.35 bits per heavy atom. The molecular formula is C10H21NO5S. The van der Waals surface area contributed by atoms with Gasteiger partial charge in [0.05, 0.1) is 12.9 Å². The Morgan fingerprint density at radius 3 is 2.47 bits per heavy atom. The van der Waals surface area contributed by atoms with E-state index in [1.807, 2.05) is 0 Å². The van der Waals surface area contributed by atoms with E-state index >= 15 is 0 Å². The van der Waals surface area contributed by atoms with E-state index < -0.39 is 16.0 Å². The van der Waals surface area contributed by atoms with Gasteiger partial charge in [-0.1, -0.05) is 6.92 Å². The van der Waals surface area contributed by atoms with Crippen molar-refractivity contribution in [2.24, 2.45) is 0 Å². The van der Waals surface area contributed by atoms with Crippen molar-refractivity contribution >= 4 is 16.0 Å². The number of methoxy groups -OCH3 is 1. The number of hydrogen-bond acceptors (Lipinski definition) is 5. The van der Waals surface area contributed by atoms with Crippen molar-refractivity contribution in [1.29, 1.82) is 0 Å². The third-order valence-electron chi connectivity index (χ3n) is 2.32. The van der Waals surface area contributed by atoms with Crippen LogP contribution in [0.4, 0.5) is 0 Å². The normalized spacial score (nSPS) is 11.8. The molecule has 0 saturated carbocycles. The fraction of sp³-hybridized carbons (Fsp3) is 0.900. The van der Waals surface area contributed by atoms with Gasteiger partial charge in [0.2, 0.25) is 10.0 Å².